The Bertz CT molecular complexity index is 865. The molecule has 0 bridgehead atoms. The predicted molar refractivity (Wildman–Crippen MR) is 127 cm³/mol. The number of ether oxygens (including phenoxy) is 1. The Kier molecular flexibility index (Phi) is 7.32. The molecule has 1 heterocycles. The van der Waals surface area contributed by atoms with E-state index in [0.717, 1.165) is 68.9 Å². The van der Waals surface area contributed by atoms with Gasteiger partial charge in [0.2, 0.25) is 0 Å². The topological polar surface area (TPSA) is 46.5 Å². The summed E-state index contributed by atoms with van der Waals surface area (Å²) >= 11 is 0. The summed E-state index contributed by atoms with van der Waals surface area (Å²) < 4.78 is 6.87. The molecule has 4 rings (SSSR count). The summed E-state index contributed by atoms with van der Waals surface area (Å²) in [7, 11) is 2.30. The van der Waals surface area contributed by atoms with Crippen LogP contribution < -0.4 is 0 Å². The molecule has 4 nitrogen and oxygen atoms in total. The summed E-state index contributed by atoms with van der Waals surface area (Å²) in [5, 5.41) is 11.6. The Morgan fingerprint density at radius 3 is 2.34 bits per heavy atom. The second-order valence-electron chi connectivity index (χ2n) is 10.0. The maximum Gasteiger partial charge on any atom is 0.343 e. The first-order chi connectivity index (χ1) is 15.5. The van der Waals surface area contributed by atoms with E-state index in [1.807, 2.05) is 30.3 Å². The normalized spacial score (nSPS) is 25.5. The van der Waals surface area contributed by atoms with Gasteiger partial charge in [0.05, 0.1) is 20.1 Å². The molecular formula is C28H38NO3+. The fraction of sp³-hybridized carbons (Fsp3) is 0.536. The summed E-state index contributed by atoms with van der Waals surface area (Å²) in [5.41, 5.74) is 0.516. The maximum atomic E-state index is 13.3. The Balaban J connectivity index is 1.38. The summed E-state index contributed by atoms with van der Waals surface area (Å²) in [5.74, 6) is -0.522. The standard InChI is InChI=1S/C28H38NO3/c1-29(20-10-14-23-12-4-2-5-13-23)21-11-19-26(29)22-32-27(30)28(31,25-17-8-9-18-25)24-15-6-3-7-16-24/h2-7,12-13,15-16,25-26,31H,8-11,14,17-22H2,1H3/q+1. The second-order valence-corrected chi connectivity index (χ2v) is 10.0. The molecule has 32 heavy (non-hydrogen) atoms. The monoisotopic (exact) mass is 436 g/mol. The van der Waals surface area contributed by atoms with E-state index in [4.69, 9.17) is 4.74 Å². The molecule has 0 amide bonds. The number of carbonyl (C=O) groups excluding carboxylic acids is 1. The molecule has 0 radical (unpaired) electrons. The van der Waals surface area contributed by atoms with Crippen LogP contribution in [0.4, 0.5) is 0 Å². The molecule has 1 aliphatic carbocycles. The number of aryl methyl sites for hydroxylation is 1. The number of carbonyl (C=O) groups is 1. The van der Waals surface area contributed by atoms with Gasteiger partial charge in [-0.15, -0.1) is 0 Å². The van der Waals surface area contributed by atoms with Crippen LogP contribution in [0.15, 0.2) is 60.7 Å². The largest absolute Gasteiger partial charge is 0.457 e. The van der Waals surface area contributed by atoms with Crippen molar-refractivity contribution in [3.63, 3.8) is 0 Å². The summed E-state index contributed by atoms with van der Waals surface area (Å²) in [6.07, 6.45) is 8.31. The predicted octanol–water partition coefficient (Wildman–Crippen LogP) is 4.85. The Labute approximate surface area is 192 Å². The number of rotatable bonds is 9. The number of likely N-dealkylation sites (N-methyl/N-ethyl adjacent to an activating group) is 1. The van der Waals surface area contributed by atoms with E-state index in [1.165, 1.54) is 5.56 Å². The van der Waals surface area contributed by atoms with Gasteiger partial charge in [-0.3, -0.25) is 0 Å². The first kappa shape index (κ1) is 23.0. The number of likely N-dealkylation sites (tertiary alicyclic amines) is 1. The van der Waals surface area contributed by atoms with Crippen molar-refractivity contribution < 1.29 is 19.1 Å². The fourth-order valence-electron chi connectivity index (χ4n) is 5.87. The average molecular weight is 437 g/mol. The lowest BCUT2D eigenvalue weighted by Gasteiger charge is -2.37. The van der Waals surface area contributed by atoms with Crippen LogP contribution in [0, 0.1) is 5.92 Å². The molecule has 3 unspecified atom stereocenters. The second kappa shape index (κ2) is 10.2. The minimum Gasteiger partial charge on any atom is -0.457 e. The molecular weight excluding hydrogens is 398 g/mol. The van der Waals surface area contributed by atoms with Gasteiger partial charge in [0.25, 0.3) is 0 Å². The Morgan fingerprint density at radius 2 is 1.66 bits per heavy atom. The van der Waals surface area contributed by atoms with Gasteiger partial charge in [-0.25, -0.2) is 4.79 Å². The summed E-state index contributed by atoms with van der Waals surface area (Å²) in [4.78, 5) is 13.3. The zero-order chi connectivity index (χ0) is 22.4. The number of aliphatic hydroxyl groups is 1. The van der Waals surface area contributed by atoms with E-state index < -0.39 is 11.6 Å². The zero-order valence-corrected chi connectivity index (χ0v) is 19.4. The first-order valence-corrected chi connectivity index (χ1v) is 12.4. The van der Waals surface area contributed by atoms with Crippen molar-refractivity contribution in [1.29, 1.82) is 0 Å². The fourth-order valence-corrected chi connectivity index (χ4v) is 5.87. The quantitative estimate of drug-likeness (QED) is 0.452. The molecule has 2 aromatic rings. The highest BCUT2D eigenvalue weighted by molar-refractivity contribution is 5.81. The van der Waals surface area contributed by atoms with Crippen molar-refractivity contribution in [2.75, 3.05) is 26.7 Å². The average Bonchev–Trinajstić information content (AvgIpc) is 3.49. The highest BCUT2D eigenvalue weighted by Crippen LogP contribution is 2.41. The van der Waals surface area contributed by atoms with Gasteiger partial charge in [-0.2, -0.15) is 0 Å². The third-order valence-electron chi connectivity index (χ3n) is 7.94. The van der Waals surface area contributed by atoms with Crippen LogP contribution in [0.25, 0.3) is 0 Å². The Morgan fingerprint density at radius 1 is 1.00 bits per heavy atom. The molecule has 1 aliphatic heterocycles. The molecule has 0 spiro atoms. The number of benzene rings is 2. The highest BCUT2D eigenvalue weighted by Gasteiger charge is 2.48. The summed E-state index contributed by atoms with van der Waals surface area (Å²) in [6.45, 7) is 2.60. The SMILES string of the molecule is C[N+]1(CCCc2ccccc2)CCCC1COC(=O)C(O)(c1ccccc1)C1CCCC1. The molecule has 1 saturated heterocycles. The molecule has 2 aromatic carbocycles. The van der Waals surface area contributed by atoms with E-state index in [1.54, 1.807) is 0 Å². The zero-order valence-electron chi connectivity index (χ0n) is 19.4. The van der Waals surface area contributed by atoms with Gasteiger partial charge in [-0.05, 0) is 30.4 Å². The van der Waals surface area contributed by atoms with E-state index in [0.29, 0.717) is 18.2 Å². The minimum atomic E-state index is -1.53. The van der Waals surface area contributed by atoms with Crippen LogP contribution in [0.2, 0.25) is 0 Å². The van der Waals surface area contributed by atoms with Gasteiger partial charge in [-0.1, -0.05) is 73.5 Å². The third-order valence-corrected chi connectivity index (χ3v) is 7.94. The number of hydrogen-bond donors (Lipinski definition) is 1. The molecule has 2 aliphatic rings. The van der Waals surface area contributed by atoms with Crippen LogP contribution in [-0.4, -0.2) is 48.3 Å². The van der Waals surface area contributed by atoms with Gasteiger partial charge >= 0.3 is 5.97 Å². The Hall–Kier alpha value is -2.17. The van der Waals surface area contributed by atoms with Crippen molar-refractivity contribution in [1.82, 2.24) is 0 Å². The highest BCUT2D eigenvalue weighted by atomic mass is 16.6. The van der Waals surface area contributed by atoms with E-state index in [2.05, 4.69) is 37.4 Å². The molecule has 2 fully saturated rings. The molecule has 0 aromatic heterocycles. The molecule has 1 saturated carbocycles. The van der Waals surface area contributed by atoms with Crippen molar-refractivity contribution in [2.45, 2.75) is 63.0 Å². The molecule has 3 atom stereocenters. The third kappa shape index (κ3) is 4.92. The van der Waals surface area contributed by atoms with Gasteiger partial charge in [0.1, 0.15) is 12.6 Å². The molecule has 1 N–H and O–H groups in total. The van der Waals surface area contributed by atoms with Gasteiger partial charge < -0.3 is 14.3 Å². The number of nitrogens with zero attached hydrogens (tertiary/aromatic N) is 1. The van der Waals surface area contributed by atoms with Crippen LogP contribution in [0.1, 0.15) is 56.1 Å². The maximum absolute atomic E-state index is 13.3. The van der Waals surface area contributed by atoms with Crippen molar-refractivity contribution in [3.8, 4) is 0 Å². The lowest BCUT2D eigenvalue weighted by molar-refractivity contribution is -0.921. The lowest BCUT2D eigenvalue weighted by Crippen LogP contribution is -2.52. The number of esters is 1. The number of hydrogen-bond acceptors (Lipinski definition) is 3. The van der Waals surface area contributed by atoms with Crippen LogP contribution in [-0.2, 0) is 21.6 Å². The van der Waals surface area contributed by atoms with Crippen molar-refractivity contribution >= 4 is 5.97 Å². The summed E-state index contributed by atoms with van der Waals surface area (Å²) in [6, 6.07) is 20.4. The van der Waals surface area contributed by atoms with E-state index in [-0.39, 0.29) is 5.92 Å². The van der Waals surface area contributed by atoms with E-state index in [9.17, 15) is 9.90 Å². The van der Waals surface area contributed by atoms with E-state index >= 15 is 0 Å². The van der Waals surface area contributed by atoms with Crippen LogP contribution >= 0.6 is 0 Å². The van der Waals surface area contributed by atoms with Crippen molar-refractivity contribution in [2.24, 2.45) is 5.92 Å². The smallest absolute Gasteiger partial charge is 0.343 e. The van der Waals surface area contributed by atoms with Crippen LogP contribution in [0.5, 0.6) is 0 Å². The van der Waals surface area contributed by atoms with Gasteiger partial charge in [0.15, 0.2) is 5.60 Å². The molecule has 4 heteroatoms. The van der Waals surface area contributed by atoms with Gasteiger partial charge in [0, 0.05) is 25.2 Å². The molecule has 172 valence electrons. The minimum absolute atomic E-state index is 0.0623. The lowest BCUT2D eigenvalue weighted by atomic mass is 9.80. The number of quaternary nitrogens is 1. The van der Waals surface area contributed by atoms with Crippen molar-refractivity contribution in [3.05, 3.63) is 71.8 Å². The first-order valence-electron chi connectivity index (χ1n) is 12.4. The van der Waals surface area contributed by atoms with Crippen LogP contribution in [0.3, 0.4) is 0 Å².